The lowest BCUT2D eigenvalue weighted by atomic mass is 10.4. The summed E-state index contributed by atoms with van der Waals surface area (Å²) < 4.78 is 15.7. The summed E-state index contributed by atoms with van der Waals surface area (Å²) in [5, 5.41) is 6.11. The molecule has 116 valence electrons. The molecule has 8 heteroatoms. The predicted octanol–water partition coefficient (Wildman–Crippen LogP) is 1.26. The molecule has 0 aromatic carbocycles. The number of nitrogens with zero attached hydrogens (tertiary/aromatic N) is 3. The van der Waals surface area contributed by atoms with Crippen molar-refractivity contribution in [2.75, 3.05) is 52.7 Å². The zero-order chi connectivity index (χ0) is 14.9. The van der Waals surface area contributed by atoms with Crippen LogP contribution in [0.15, 0.2) is 5.11 Å². The molecule has 0 heterocycles. The average molecular weight is 288 g/mol. The van der Waals surface area contributed by atoms with Gasteiger partial charge in [0.2, 0.25) is 5.91 Å². The van der Waals surface area contributed by atoms with E-state index >= 15 is 0 Å². The monoisotopic (exact) mass is 288 g/mol. The highest BCUT2D eigenvalue weighted by atomic mass is 16.5. The Morgan fingerprint density at radius 1 is 1.10 bits per heavy atom. The van der Waals surface area contributed by atoms with E-state index in [0.29, 0.717) is 59.2 Å². The highest BCUT2D eigenvalue weighted by molar-refractivity contribution is 5.75. The van der Waals surface area contributed by atoms with Crippen LogP contribution < -0.4 is 5.32 Å². The van der Waals surface area contributed by atoms with Crippen LogP contribution in [0.5, 0.6) is 0 Å². The molecule has 0 aliphatic carbocycles. The number of hydrogen-bond acceptors (Lipinski definition) is 5. The molecule has 0 rings (SSSR count). The summed E-state index contributed by atoms with van der Waals surface area (Å²) in [7, 11) is 0. The molecular weight excluding hydrogens is 264 g/mol. The van der Waals surface area contributed by atoms with Crippen LogP contribution >= 0.6 is 0 Å². The molecule has 0 fully saturated rings. The van der Waals surface area contributed by atoms with Crippen molar-refractivity contribution in [2.45, 2.75) is 19.8 Å². The highest BCUT2D eigenvalue weighted by Crippen LogP contribution is 1.86. The van der Waals surface area contributed by atoms with Crippen molar-refractivity contribution in [3.8, 4) is 0 Å². The first-order valence-electron chi connectivity index (χ1n) is 6.82. The molecule has 0 aliphatic rings. The number of hydrogen-bond donors (Lipinski definition) is 1. The Bertz CT molecular complexity index is 283. The van der Waals surface area contributed by atoms with Crippen molar-refractivity contribution in [1.29, 1.82) is 0 Å². The second-order valence-electron chi connectivity index (χ2n) is 3.89. The zero-order valence-electron chi connectivity index (χ0n) is 12.0. The Hall–Kier alpha value is -1.34. The second-order valence-corrected chi connectivity index (χ2v) is 3.89. The van der Waals surface area contributed by atoms with Crippen LogP contribution in [0.3, 0.4) is 0 Å². The van der Waals surface area contributed by atoms with Crippen molar-refractivity contribution in [1.82, 2.24) is 5.32 Å². The van der Waals surface area contributed by atoms with Gasteiger partial charge >= 0.3 is 0 Å². The molecule has 0 spiro atoms. The highest BCUT2D eigenvalue weighted by Gasteiger charge is 1.99. The van der Waals surface area contributed by atoms with E-state index in [1.54, 1.807) is 0 Å². The molecule has 0 saturated heterocycles. The lowest BCUT2D eigenvalue weighted by Crippen LogP contribution is -2.25. The molecule has 1 amide bonds. The van der Waals surface area contributed by atoms with Gasteiger partial charge in [-0.15, -0.1) is 0 Å². The molecule has 0 radical (unpaired) electrons. The van der Waals surface area contributed by atoms with Crippen LogP contribution in [0.25, 0.3) is 10.4 Å². The van der Waals surface area contributed by atoms with Gasteiger partial charge < -0.3 is 19.5 Å². The van der Waals surface area contributed by atoms with E-state index in [-0.39, 0.29) is 5.91 Å². The molecular formula is C12H24N4O4. The fraction of sp³-hybridized carbons (Fsp3) is 0.917. The molecule has 0 unspecified atom stereocenters. The molecule has 20 heavy (non-hydrogen) atoms. The molecule has 8 nitrogen and oxygen atoms in total. The maximum absolute atomic E-state index is 11.2. The lowest BCUT2D eigenvalue weighted by Gasteiger charge is -2.06. The molecule has 0 bridgehead atoms. The molecule has 0 saturated carbocycles. The summed E-state index contributed by atoms with van der Waals surface area (Å²) in [6, 6.07) is 0. The minimum atomic E-state index is 0.0150. The number of carbonyl (C=O) groups excluding carboxylic acids is 1. The van der Waals surface area contributed by atoms with Crippen LogP contribution in [0.1, 0.15) is 19.8 Å². The molecule has 0 aromatic heterocycles. The van der Waals surface area contributed by atoms with Gasteiger partial charge in [0.25, 0.3) is 0 Å². The first kappa shape index (κ1) is 18.7. The number of azide groups is 1. The lowest BCUT2D eigenvalue weighted by molar-refractivity contribution is -0.122. The van der Waals surface area contributed by atoms with Gasteiger partial charge in [-0.3, -0.25) is 4.79 Å². The largest absolute Gasteiger partial charge is 0.379 e. The van der Waals surface area contributed by atoms with Gasteiger partial charge in [-0.25, -0.2) is 0 Å². The van der Waals surface area contributed by atoms with Crippen molar-refractivity contribution in [3.63, 3.8) is 0 Å². The maximum atomic E-state index is 11.2. The summed E-state index contributed by atoms with van der Waals surface area (Å²) >= 11 is 0. The number of carbonyl (C=O) groups is 1. The van der Waals surface area contributed by atoms with E-state index < -0.39 is 0 Å². The van der Waals surface area contributed by atoms with Crippen LogP contribution in [0.2, 0.25) is 0 Å². The minimum Gasteiger partial charge on any atom is -0.379 e. The number of nitrogens with one attached hydrogen (secondary N) is 1. The fourth-order valence-electron chi connectivity index (χ4n) is 1.21. The Kier molecular flexibility index (Phi) is 14.7. The molecule has 0 atom stereocenters. The summed E-state index contributed by atoms with van der Waals surface area (Å²) in [5.41, 5.74) is 8.03. The Morgan fingerprint density at radius 3 is 2.30 bits per heavy atom. The average Bonchev–Trinajstić information content (AvgIpc) is 2.46. The van der Waals surface area contributed by atoms with Crippen LogP contribution in [0, 0.1) is 0 Å². The quantitative estimate of drug-likeness (QED) is 0.225. The van der Waals surface area contributed by atoms with Crippen molar-refractivity contribution >= 4 is 5.91 Å². The van der Waals surface area contributed by atoms with Gasteiger partial charge in [0.05, 0.1) is 39.6 Å². The Balaban J connectivity index is 3.09. The van der Waals surface area contributed by atoms with E-state index in [9.17, 15) is 4.79 Å². The summed E-state index contributed by atoms with van der Waals surface area (Å²) in [6.07, 6.45) is 1.31. The summed E-state index contributed by atoms with van der Waals surface area (Å²) in [5.74, 6) is 0.0150. The summed E-state index contributed by atoms with van der Waals surface area (Å²) in [4.78, 5) is 13.8. The molecule has 1 N–H and O–H groups in total. The van der Waals surface area contributed by atoms with Crippen molar-refractivity contribution in [3.05, 3.63) is 10.4 Å². The third-order valence-corrected chi connectivity index (χ3v) is 2.19. The topological polar surface area (TPSA) is 106 Å². The van der Waals surface area contributed by atoms with E-state index in [0.717, 1.165) is 6.42 Å². The van der Waals surface area contributed by atoms with Gasteiger partial charge in [-0.1, -0.05) is 12.0 Å². The van der Waals surface area contributed by atoms with Crippen LogP contribution in [-0.4, -0.2) is 58.6 Å². The van der Waals surface area contributed by atoms with Gasteiger partial charge in [-0.05, 0) is 12.0 Å². The first-order valence-corrected chi connectivity index (χ1v) is 6.82. The minimum absolute atomic E-state index is 0.0150. The van der Waals surface area contributed by atoms with Crippen molar-refractivity contribution < 1.29 is 19.0 Å². The van der Waals surface area contributed by atoms with Crippen LogP contribution in [-0.2, 0) is 19.0 Å². The third kappa shape index (κ3) is 14.7. The number of ether oxygens (including phenoxy) is 3. The zero-order valence-corrected chi connectivity index (χ0v) is 12.0. The Morgan fingerprint density at radius 2 is 1.70 bits per heavy atom. The number of amides is 1. The summed E-state index contributed by atoms with van der Waals surface area (Å²) in [6.45, 7) is 5.71. The smallest absolute Gasteiger partial charge is 0.222 e. The van der Waals surface area contributed by atoms with E-state index in [1.807, 2.05) is 6.92 Å². The van der Waals surface area contributed by atoms with Gasteiger partial charge in [0, 0.05) is 24.4 Å². The SMILES string of the molecule is CCCNC(=O)CCOCCOCCOCCN=[N+]=[N-]. The van der Waals surface area contributed by atoms with Gasteiger partial charge in [-0.2, -0.15) is 0 Å². The molecule has 0 aromatic rings. The normalized spacial score (nSPS) is 10.1. The molecule has 0 aliphatic heterocycles. The fourth-order valence-corrected chi connectivity index (χ4v) is 1.21. The van der Waals surface area contributed by atoms with E-state index in [2.05, 4.69) is 15.3 Å². The van der Waals surface area contributed by atoms with Gasteiger partial charge in [0.1, 0.15) is 0 Å². The third-order valence-electron chi connectivity index (χ3n) is 2.19. The number of rotatable bonds is 14. The maximum Gasteiger partial charge on any atom is 0.222 e. The first-order chi connectivity index (χ1) is 9.81. The van der Waals surface area contributed by atoms with Crippen molar-refractivity contribution in [2.24, 2.45) is 5.11 Å². The van der Waals surface area contributed by atoms with E-state index in [4.69, 9.17) is 19.7 Å². The van der Waals surface area contributed by atoms with Gasteiger partial charge in [0.15, 0.2) is 0 Å². The Labute approximate surface area is 119 Å². The van der Waals surface area contributed by atoms with E-state index in [1.165, 1.54) is 0 Å². The second kappa shape index (κ2) is 15.7. The van der Waals surface area contributed by atoms with Crippen LogP contribution in [0.4, 0.5) is 0 Å². The standard InChI is InChI=1S/C12H24N4O4/c1-2-4-14-12(17)3-6-18-8-10-20-11-9-19-7-5-15-16-13/h2-11H2,1H3,(H,14,17). The predicted molar refractivity (Wildman–Crippen MR) is 74.4 cm³/mol.